The third-order valence-electron chi connectivity index (χ3n) is 2.38. The largest absolute Gasteiger partial charge is 0.313 e. The zero-order valence-corrected chi connectivity index (χ0v) is 11.2. The maximum atomic E-state index is 4.26. The van der Waals surface area contributed by atoms with Crippen molar-refractivity contribution in [1.29, 1.82) is 0 Å². The molecule has 0 unspecified atom stereocenters. The van der Waals surface area contributed by atoms with Crippen molar-refractivity contribution >= 4 is 11.3 Å². The summed E-state index contributed by atoms with van der Waals surface area (Å²) in [4.78, 5) is 7.88. The zero-order chi connectivity index (χ0) is 12.0. The van der Waals surface area contributed by atoms with Crippen LogP contribution in [0.25, 0.3) is 0 Å². The van der Waals surface area contributed by atoms with Gasteiger partial charge < -0.3 is 5.32 Å². The quantitative estimate of drug-likeness (QED) is 0.738. The van der Waals surface area contributed by atoms with E-state index in [2.05, 4.69) is 42.7 Å². The summed E-state index contributed by atoms with van der Waals surface area (Å²) in [6, 6.07) is 0. The number of nitrogens with one attached hydrogen (secondary N) is 1. The Bertz CT molecular complexity index is 333. The van der Waals surface area contributed by atoms with Crippen LogP contribution in [0.3, 0.4) is 0 Å². The zero-order valence-electron chi connectivity index (χ0n) is 10.4. The highest BCUT2D eigenvalue weighted by molar-refractivity contribution is 7.09. The van der Waals surface area contributed by atoms with Crippen molar-refractivity contribution in [2.24, 2.45) is 0 Å². The fourth-order valence-electron chi connectivity index (χ4n) is 1.52. The van der Waals surface area contributed by atoms with Crippen LogP contribution in [-0.4, -0.2) is 36.6 Å². The highest BCUT2D eigenvalue weighted by Gasteiger charge is 2.06. The maximum absolute atomic E-state index is 4.26. The van der Waals surface area contributed by atoms with E-state index in [4.69, 9.17) is 0 Å². The first kappa shape index (κ1) is 13.4. The molecule has 3 nitrogen and oxygen atoms in total. The van der Waals surface area contributed by atoms with Gasteiger partial charge in [-0.05, 0) is 26.1 Å². The third kappa shape index (κ3) is 4.43. The van der Waals surface area contributed by atoms with Crippen molar-refractivity contribution in [2.75, 3.05) is 26.7 Å². The van der Waals surface area contributed by atoms with E-state index in [9.17, 15) is 0 Å². The summed E-state index contributed by atoms with van der Waals surface area (Å²) in [5.41, 5.74) is 4.28. The molecule has 0 fully saturated rings. The Kier molecular flexibility index (Phi) is 5.66. The second-order valence-corrected chi connectivity index (χ2v) is 5.00. The lowest BCUT2D eigenvalue weighted by Crippen LogP contribution is -2.25. The Morgan fingerprint density at radius 3 is 2.94 bits per heavy atom. The Hall–Kier alpha value is -0.710. The molecule has 4 heteroatoms. The second kappa shape index (κ2) is 6.78. The molecule has 0 bridgehead atoms. The average molecular weight is 239 g/mol. The summed E-state index contributed by atoms with van der Waals surface area (Å²) in [6.45, 7) is 12.0. The standard InChI is InChI=1S/C12H21N3S/c1-5-13-6-10(2)7-15(4)8-12-11(3)14-9-16-12/h9,13H,2,5-8H2,1,3-4H3. The predicted octanol–water partition coefficient (Wildman–Crippen LogP) is 2.05. The molecule has 1 N–H and O–H groups in total. The van der Waals surface area contributed by atoms with Crippen LogP contribution in [0.15, 0.2) is 17.7 Å². The second-order valence-electron chi connectivity index (χ2n) is 4.06. The van der Waals surface area contributed by atoms with Crippen molar-refractivity contribution in [1.82, 2.24) is 15.2 Å². The van der Waals surface area contributed by atoms with E-state index in [1.807, 2.05) is 5.51 Å². The summed E-state index contributed by atoms with van der Waals surface area (Å²) >= 11 is 1.72. The molecule has 1 heterocycles. The molecule has 0 amide bonds. The van der Waals surface area contributed by atoms with Gasteiger partial charge in [0, 0.05) is 24.5 Å². The number of hydrogen-bond acceptors (Lipinski definition) is 4. The monoisotopic (exact) mass is 239 g/mol. The van der Waals surface area contributed by atoms with Gasteiger partial charge in [-0.3, -0.25) is 4.90 Å². The summed E-state index contributed by atoms with van der Waals surface area (Å²) in [5.74, 6) is 0. The van der Waals surface area contributed by atoms with Crippen molar-refractivity contribution in [3.05, 3.63) is 28.2 Å². The number of nitrogens with zero attached hydrogens (tertiary/aromatic N) is 2. The maximum Gasteiger partial charge on any atom is 0.0798 e. The van der Waals surface area contributed by atoms with Crippen LogP contribution in [0.5, 0.6) is 0 Å². The van der Waals surface area contributed by atoms with Gasteiger partial charge in [0.1, 0.15) is 0 Å². The molecule has 0 saturated heterocycles. The lowest BCUT2D eigenvalue weighted by molar-refractivity contribution is 0.354. The average Bonchev–Trinajstić information content (AvgIpc) is 2.61. The number of thiazole rings is 1. The SMILES string of the molecule is C=C(CNCC)CN(C)Cc1scnc1C. The fraction of sp³-hybridized carbons (Fsp3) is 0.583. The van der Waals surface area contributed by atoms with Crippen LogP contribution >= 0.6 is 11.3 Å². The highest BCUT2D eigenvalue weighted by Crippen LogP contribution is 2.14. The van der Waals surface area contributed by atoms with Gasteiger partial charge in [0.25, 0.3) is 0 Å². The van der Waals surface area contributed by atoms with E-state index in [0.717, 1.165) is 31.9 Å². The number of aryl methyl sites for hydroxylation is 1. The third-order valence-corrected chi connectivity index (χ3v) is 3.30. The van der Waals surface area contributed by atoms with Gasteiger partial charge >= 0.3 is 0 Å². The Labute approximate surface area is 102 Å². The van der Waals surface area contributed by atoms with Crippen molar-refractivity contribution in [2.45, 2.75) is 20.4 Å². The van der Waals surface area contributed by atoms with Crippen LogP contribution in [0.2, 0.25) is 0 Å². The molecule has 0 aliphatic rings. The van der Waals surface area contributed by atoms with E-state index >= 15 is 0 Å². The molecule has 0 saturated carbocycles. The van der Waals surface area contributed by atoms with Gasteiger partial charge in [-0.25, -0.2) is 4.98 Å². The summed E-state index contributed by atoms with van der Waals surface area (Å²) in [7, 11) is 2.12. The fourth-order valence-corrected chi connectivity index (χ4v) is 2.37. The van der Waals surface area contributed by atoms with Crippen LogP contribution in [-0.2, 0) is 6.54 Å². The van der Waals surface area contributed by atoms with Crippen LogP contribution in [0.4, 0.5) is 0 Å². The van der Waals surface area contributed by atoms with Gasteiger partial charge in [0.05, 0.1) is 11.2 Å². The van der Waals surface area contributed by atoms with Crippen LogP contribution in [0.1, 0.15) is 17.5 Å². The molecule has 0 radical (unpaired) electrons. The van der Waals surface area contributed by atoms with Crippen LogP contribution < -0.4 is 5.32 Å². The minimum atomic E-state index is 0.905. The molecule has 0 atom stereocenters. The summed E-state index contributed by atoms with van der Waals surface area (Å²) in [5, 5.41) is 3.29. The van der Waals surface area contributed by atoms with Crippen LogP contribution in [0, 0.1) is 6.92 Å². The molecule has 90 valence electrons. The Morgan fingerprint density at radius 2 is 2.38 bits per heavy atom. The minimum Gasteiger partial charge on any atom is -0.313 e. The molecule has 0 aromatic carbocycles. The normalized spacial score (nSPS) is 11.0. The summed E-state index contributed by atoms with van der Waals surface area (Å²) in [6.07, 6.45) is 0. The van der Waals surface area contributed by atoms with Crippen molar-refractivity contribution < 1.29 is 0 Å². The first-order chi connectivity index (χ1) is 7.63. The molecule has 0 spiro atoms. The smallest absolute Gasteiger partial charge is 0.0798 e. The van der Waals surface area contributed by atoms with Gasteiger partial charge in [-0.1, -0.05) is 13.5 Å². The Balaban J connectivity index is 2.33. The number of likely N-dealkylation sites (N-methyl/N-ethyl adjacent to an activating group) is 2. The van der Waals surface area contributed by atoms with Gasteiger partial charge in [-0.15, -0.1) is 11.3 Å². The number of hydrogen-bond donors (Lipinski definition) is 1. The van der Waals surface area contributed by atoms with Gasteiger partial charge in [0.15, 0.2) is 0 Å². The number of aromatic nitrogens is 1. The van der Waals surface area contributed by atoms with E-state index in [0.29, 0.717) is 0 Å². The lowest BCUT2D eigenvalue weighted by Gasteiger charge is -2.17. The van der Waals surface area contributed by atoms with E-state index in [1.54, 1.807) is 11.3 Å². The topological polar surface area (TPSA) is 28.2 Å². The van der Waals surface area contributed by atoms with Gasteiger partial charge in [-0.2, -0.15) is 0 Å². The Morgan fingerprint density at radius 1 is 1.62 bits per heavy atom. The lowest BCUT2D eigenvalue weighted by atomic mass is 10.2. The molecule has 16 heavy (non-hydrogen) atoms. The summed E-state index contributed by atoms with van der Waals surface area (Å²) < 4.78 is 0. The molecule has 0 aliphatic heterocycles. The van der Waals surface area contributed by atoms with E-state index in [-0.39, 0.29) is 0 Å². The molecule has 1 aromatic rings. The number of rotatable bonds is 7. The highest BCUT2D eigenvalue weighted by atomic mass is 32.1. The van der Waals surface area contributed by atoms with Crippen molar-refractivity contribution in [3.8, 4) is 0 Å². The van der Waals surface area contributed by atoms with Gasteiger partial charge in [0.2, 0.25) is 0 Å². The molecular weight excluding hydrogens is 218 g/mol. The first-order valence-corrected chi connectivity index (χ1v) is 6.46. The first-order valence-electron chi connectivity index (χ1n) is 5.58. The van der Waals surface area contributed by atoms with Crippen molar-refractivity contribution in [3.63, 3.8) is 0 Å². The molecule has 1 rings (SSSR count). The molecular formula is C12H21N3S. The molecule has 1 aromatic heterocycles. The van der Waals surface area contributed by atoms with E-state index in [1.165, 1.54) is 10.5 Å². The minimum absolute atomic E-state index is 0.905. The predicted molar refractivity (Wildman–Crippen MR) is 70.9 cm³/mol. The molecule has 0 aliphatic carbocycles. The van der Waals surface area contributed by atoms with E-state index < -0.39 is 0 Å².